The standard InChI is InChI=1S/C21H20N2/c1-2-6-19-15-20(10-9-18(19)5-1)22-16-17-7-11-21(12-8-17)23-13-3-4-14-23/h1-2,5-12,15-16H,3-4,13-14H2. The number of hydrogen-bond acceptors (Lipinski definition) is 2. The third-order valence-corrected chi connectivity index (χ3v) is 4.46. The van der Waals surface area contributed by atoms with Crippen LogP contribution in [0.25, 0.3) is 10.8 Å². The molecule has 0 aliphatic carbocycles. The molecule has 3 aromatic rings. The normalized spacial score (nSPS) is 14.9. The van der Waals surface area contributed by atoms with Crippen LogP contribution in [0.4, 0.5) is 11.4 Å². The fourth-order valence-corrected chi connectivity index (χ4v) is 3.15. The Labute approximate surface area is 137 Å². The lowest BCUT2D eigenvalue weighted by Crippen LogP contribution is -2.17. The van der Waals surface area contributed by atoms with E-state index in [-0.39, 0.29) is 0 Å². The molecule has 1 saturated heterocycles. The second kappa shape index (κ2) is 6.25. The molecule has 0 saturated carbocycles. The average Bonchev–Trinajstić information content (AvgIpc) is 3.15. The summed E-state index contributed by atoms with van der Waals surface area (Å²) in [5.41, 5.74) is 3.46. The number of hydrogen-bond donors (Lipinski definition) is 0. The van der Waals surface area contributed by atoms with E-state index in [1.807, 2.05) is 6.21 Å². The zero-order valence-corrected chi connectivity index (χ0v) is 13.2. The van der Waals surface area contributed by atoms with E-state index >= 15 is 0 Å². The highest BCUT2D eigenvalue weighted by molar-refractivity contribution is 5.87. The van der Waals surface area contributed by atoms with Gasteiger partial charge in [-0.25, -0.2) is 0 Å². The third-order valence-electron chi connectivity index (χ3n) is 4.46. The Morgan fingerprint density at radius 2 is 1.52 bits per heavy atom. The minimum Gasteiger partial charge on any atom is -0.372 e. The SMILES string of the molecule is C(=Nc1ccc2ccccc2c1)c1ccc(N2CCCC2)cc1. The number of fused-ring (bicyclic) bond motifs is 1. The van der Waals surface area contributed by atoms with Gasteiger partial charge in [-0.15, -0.1) is 0 Å². The van der Waals surface area contributed by atoms with Crippen molar-refractivity contribution in [2.75, 3.05) is 18.0 Å². The minimum absolute atomic E-state index is 0.993. The fourth-order valence-electron chi connectivity index (χ4n) is 3.15. The molecule has 2 heteroatoms. The first-order valence-electron chi connectivity index (χ1n) is 8.26. The second-order valence-electron chi connectivity index (χ2n) is 6.08. The summed E-state index contributed by atoms with van der Waals surface area (Å²) in [4.78, 5) is 7.06. The van der Waals surface area contributed by atoms with Gasteiger partial charge in [0.15, 0.2) is 0 Å². The Hall–Kier alpha value is -2.61. The number of nitrogens with zero attached hydrogens (tertiary/aromatic N) is 2. The first-order valence-corrected chi connectivity index (χ1v) is 8.26. The van der Waals surface area contributed by atoms with E-state index in [4.69, 9.17) is 0 Å². The van der Waals surface area contributed by atoms with Crippen LogP contribution in [0.15, 0.2) is 71.7 Å². The first kappa shape index (κ1) is 14.0. The molecule has 0 spiro atoms. The molecule has 1 fully saturated rings. The molecule has 23 heavy (non-hydrogen) atoms. The molecule has 1 aliphatic heterocycles. The molecule has 3 aromatic carbocycles. The van der Waals surface area contributed by atoms with Crippen LogP contribution in [0, 0.1) is 0 Å². The van der Waals surface area contributed by atoms with Gasteiger partial charge >= 0.3 is 0 Å². The summed E-state index contributed by atoms with van der Waals surface area (Å²) in [5, 5.41) is 2.48. The van der Waals surface area contributed by atoms with Crippen molar-refractivity contribution in [1.82, 2.24) is 0 Å². The molecule has 2 nitrogen and oxygen atoms in total. The Bertz CT molecular complexity index is 828. The maximum absolute atomic E-state index is 4.62. The van der Waals surface area contributed by atoms with E-state index < -0.39 is 0 Å². The lowest BCUT2D eigenvalue weighted by Gasteiger charge is -2.17. The maximum atomic E-state index is 4.62. The molecule has 0 radical (unpaired) electrons. The van der Waals surface area contributed by atoms with Crippen LogP contribution in [-0.4, -0.2) is 19.3 Å². The van der Waals surface area contributed by atoms with Gasteiger partial charge in [0.25, 0.3) is 0 Å². The van der Waals surface area contributed by atoms with Gasteiger partial charge in [-0.3, -0.25) is 4.99 Å². The largest absolute Gasteiger partial charge is 0.372 e. The number of benzene rings is 3. The van der Waals surface area contributed by atoms with Crippen LogP contribution >= 0.6 is 0 Å². The van der Waals surface area contributed by atoms with Crippen molar-refractivity contribution in [3.8, 4) is 0 Å². The average molecular weight is 300 g/mol. The molecular formula is C21H20N2. The second-order valence-corrected chi connectivity index (χ2v) is 6.08. The maximum Gasteiger partial charge on any atom is 0.0636 e. The van der Waals surface area contributed by atoms with Crippen LogP contribution < -0.4 is 4.90 Å². The quantitative estimate of drug-likeness (QED) is 0.608. The van der Waals surface area contributed by atoms with Gasteiger partial charge in [0, 0.05) is 25.0 Å². The summed E-state index contributed by atoms with van der Waals surface area (Å²) < 4.78 is 0. The highest BCUT2D eigenvalue weighted by Gasteiger charge is 2.11. The van der Waals surface area contributed by atoms with Crippen molar-refractivity contribution in [3.63, 3.8) is 0 Å². The van der Waals surface area contributed by atoms with Crippen molar-refractivity contribution in [2.45, 2.75) is 12.8 Å². The summed E-state index contributed by atoms with van der Waals surface area (Å²) in [7, 11) is 0. The Kier molecular flexibility index (Phi) is 3.81. The zero-order valence-electron chi connectivity index (χ0n) is 13.2. The third kappa shape index (κ3) is 3.11. The van der Waals surface area contributed by atoms with Crippen molar-refractivity contribution >= 4 is 28.4 Å². The van der Waals surface area contributed by atoms with Crippen molar-refractivity contribution < 1.29 is 0 Å². The van der Waals surface area contributed by atoms with E-state index in [9.17, 15) is 0 Å². The van der Waals surface area contributed by atoms with Crippen LogP contribution in [0.2, 0.25) is 0 Å². The molecule has 1 aliphatic rings. The molecular weight excluding hydrogens is 280 g/mol. The van der Waals surface area contributed by atoms with Gasteiger partial charge in [0.2, 0.25) is 0 Å². The summed E-state index contributed by atoms with van der Waals surface area (Å²) >= 11 is 0. The van der Waals surface area contributed by atoms with E-state index in [0.29, 0.717) is 0 Å². The molecule has 1 heterocycles. The van der Waals surface area contributed by atoms with Crippen molar-refractivity contribution in [1.29, 1.82) is 0 Å². The minimum atomic E-state index is 0.993. The smallest absolute Gasteiger partial charge is 0.0636 e. The lowest BCUT2D eigenvalue weighted by atomic mass is 10.1. The monoisotopic (exact) mass is 300 g/mol. The van der Waals surface area contributed by atoms with Crippen LogP contribution in [0.3, 0.4) is 0 Å². The van der Waals surface area contributed by atoms with Gasteiger partial charge in [-0.2, -0.15) is 0 Å². The predicted molar refractivity (Wildman–Crippen MR) is 99.1 cm³/mol. The Balaban J connectivity index is 1.52. The predicted octanol–water partition coefficient (Wildman–Crippen LogP) is 5.19. The lowest BCUT2D eigenvalue weighted by molar-refractivity contribution is 0.949. The van der Waals surface area contributed by atoms with Crippen LogP contribution in [-0.2, 0) is 0 Å². The summed E-state index contributed by atoms with van der Waals surface area (Å²) in [5.74, 6) is 0. The van der Waals surface area contributed by atoms with Crippen LogP contribution in [0.5, 0.6) is 0 Å². The summed E-state index contributed by atoms with van der Waals surface area (Å²) in [6.45, 7) is 2.37. The molecule has 0 N–H and O–H groups in total. The van der Waals surface area contributed by atoms with Crippen molar-refractivity contribution in [2.24, 2.45) is 4.99 Å². The first-order chi connectivity index (χ1) is 11.4. The topological polar surface area (TPSA) is 15.6 Å². The molecule has 114 valence electrons. The van der Waals surface area contributed by atoms with Gasteiger partial charge in [-0.1, -0.05) is 42.5 Å². The highest BCUT2D eigenvalue weighted by atomic mass is 15.1. The fraction of sp³-hybridized carbons (Fsp3) is 0.190. The molecule has 0 atom stereocenters. The summed E-state index contributed by atoms with van der Waals surface area (Å²) in [6.07, 6.45) is 4.56. The van der Waals surface area contributed by atoms with E-state index in [1.54, 1.807) is 0 Å². The van der Waals surface area contributed by atoms with E-state index in [1.165, 1.54) is 42.4 Å². The van der Waals surface area contributed by atoms with Crippen molar-refractivity contribution in [3.05, 3.63) is 72.3 Å². The molecule has 0 aromatic heterocycles. The van der Waals surface area contributed by atoms with E-state index in [2.05, 4.69) is 76.6 Å². The van der Waals surface area contributed by atoms with Gasteiger partial charge < -0.3 is 4.90 Å². The Morgan fingerprint density at radius 3 is 2.30 bits per heavy atom. The number of rotatable bonds is 3. The molecule has 0 bridgehead atoms. The Morgan fingerprint density at radius 1 is 0.783 bits per heavy atom. The van der Waals surface area contributed by atoms with Gasteiger partial charge in [0.05, 0.1) is 5.69 Å². The zero-order chi connectivity index (χ0) is 15.5. The van der Waals surface area contributed by atoms with Gasteiger partial charge in [0.1, 0.15) is 0 Å². The summed E-state index contributed by atoms with van der Waals surface area (Å²) in [6, 6.07) is 23.4. The number of aliphatic imine (C=N–C) groups is 1. The van der Waals surface area contributed by atoms with Crippen LogP contribution in [0.1, 0.15) is 18.4 Å². The van der Waals surface area contributed by atoms with E-state index in [0.717, 1.165) is 11.3 Å². The molecule has 4 rings (SSSR count). The molecule has 0 unspecified atom stereocenters. The molecule has 0 amide bonds. The number of anilines is 1. The highest BCUT2D eigenvalue weighted by Crippen LogP contribution is 2.22. The van der Waals surface area contributed by atoms with Gasteiger partial charge in [-0.05, 0) is 53.4 Å².